The van der Waals surface area contributed by atoms with Crippen LogP contribution in [0.15, 0.2) is 24.3 Å². The summed E-state index contributed by atoms with van der Waals surface area (Å²) in [5.74, 6) is -1.53. The molecule has 2 fully saturated rings. The molecule has 2 amide bonds. The Balaban J connectivity index is 1.72. The first kappa shape index (κ1) is 20.4. The minimum absolute atomic E-state index is 0.00125. The lowest BCUT2D eigenvalue weighted by atomic mass is 9.77. The molecule has 2 aliphatic rings. The number of carboxylic acids is 1. The zero-order valence-electron chi connectivity index (χ0n) is 16.8. The zero-order chi connectivity index (χ0) is 20.3. The van der Waals surface area contributed by atoms with E-state index in [4.69, 9.17) is 0 Å². The van der Waals surface area contributed by atoms with Crippen molar-refractivity contribution in [1.29, 1.82) is 0 Å². The lowest BCUT2D eigenvalue weighted by Gasteiger charge is -2.35. The van der Waals surface area contributed by atoms with Gasteiger partial charge >= 0.3 is 5.97 Å². The molecule has 1 N–H and O–H groups in total. The van der Waals surface area contributed by atoms with Gasteiger partial charge in [-0.25, -0.2) is 0 Å². The molecule has 1 aliphatic heterocycles. The van der Waals surface area contributed by atoms with Crippen LogP contribution in [0.1, 0.15) is 49.7 Å². The summed E-state index contributed by atoms with van der Waals surface area (Å²) in [6.45, 7) is 2.82. The van der Waals surface area contributed by atoms with Gasteiger partial charge in [0.2, 0.25) is 11.8 Å². The van der Waals surface area contributed by atoms with Crippen LogP contribution in [0.2, 0.25) is 0 Å². The quantitative estimate of drug-likeness (QED) is 0.844. The summed E-state index contributed by atoms with van der Waals surface area (Å²) in [6, 6.07) is 8.12. The molecule has 3 rings (SSSR count). The predicted octanol–water partition coefficient (Wildman–Crippen LogP) is 2.59. The van der Waals surface area contributed by atoms with Crippen molar-refractivity contribution in [3.05, 3.63) is 35.4 Å². The largest absolute Gasteiger partial charge is 0.481 e. The SMILES string of the molecule is Cc1cccc(C2(C(=O)N(C)CC(=O)N3CCCC(C(=O)O)C3)CCCC2)c1. The molecule has 0 radical (unpaired) electrons. The van der Waals surface area contributed by atoms with E-state index < -0.39 is 17.3 Å². The van der Waals surface area contributed by atoms with Crippen LogP contribution in [-0.4, -0.2) is 59.4 Å². The number of nitrogens with zero attached hydrogens (tertiary/aromatic N) is 2. The van der Waals surface area contributed by atoms with Gasteiger partial charge in [-0.2, -0.15) is 0 Å². The molecule has 1 saturated carbocycles. The molecule has 28 heavy (non-hydrogen) atoms. The van der Waals surface area contributed by atoms with E-state index in [9.17, 15) is 19.5 Å². The number of aliphatic carboxylic acids is 1. The van der Waals surface area contributed by atoms with Gasteiger partial charge in [-0.05, 0) is 38.2 Å². The maximum Gasteiger partial charge on any atom is 0.308 e. The molecule has 1 aromatic rings. The van der Waals surface area contributed by atoms with E-state index in [-0.39, 0.29) is 24.9 Å². The van der Waals surface area contributed by atoms with Crippen molar-refractivity contribution in [2.45, 2.75) is 50.9 Å². The van der Waals surface area contributed by atoms with Gasteiger partial charge in [0.25, 0.3) is 0 Å². The number of carbonyl (C=O) groups excluding carboxylic acids is 2. The smallest absolute Gasteiger partial charge is 0.308 e. The number of likely N-dealkylation sites (N-methyl/N-ethyl adjacent to an activating group) is 1. The first-order valence-electron chi connectivity index (χ1n) is 10.2. The van der Waals surface area contributed by atoms with Gasteiger partial charge in [-0.3, -0.25) is 14.4 Å². The molecule has 0 bridgehead atoms. The molecule has 6 heteroatoms. The summed E-state index contributed by atoms with van der Waals surface area (Å²) in [7, 11) is 1.69. The van der Waals surface area contributed by atoms with Crippen LogP contribution in [0.25, 0.3) is 0 Å². The van der Waals surface area contributed by atoms with E-state index in [0.717, 1.165) is 36.8 Å². The Morgan fingerprint density at radius 2 is 1.93 bits per heavy atom. The monoisotopic (exact) mass is 386 g/mol. The number of amides is 2. The Labute approximate surface area is 166 Å². The molecule has 152 valence electrons. The van der Waals surface area contributed by atoms with Crippen LogP contribution >= 0.6 is 0 Å². The lowest BCUT2D eigenvalue weighted by Crippen LogP contribution is -2.50. The highest BCUT2D eigenvalue weighted by Crippen LogP contribution is 2.42. The van der Waals surface area contributed by atoms with E-state index in [1.807, 2.05) is 25.1 Å². The third-order valence-corrected chi connectivity index (χ3v) is 6.28. The Morgan fingerprint density at radius 1 is 1.21 bits per heavy atom. The van der Waals surface area contributed by atoms with Crippen molar-refractivity contribution < 1.29 is 19.5 Å². The van der Waals surface area contributed by atoms with Gasteiger partial charge in [0.1, 0.15) is 0 Å². The summed E-state index contributed by atoms with van der Waals surface area (Å²) in [5, 5.41) is 9.23. The number of hydrogen-bond acceptors (Lipinski definition) is 3. The first-order chi connectivity index (χ1) is 13.3. The number of piperidine rings is 1. The average molecular weight is 386 g/mol. The van der Waals surface area contributed by atoms with Gasteiger partial charge in [-0.15, -0.1) is 0 Å². The third kappa shape index (κ3) is 4.05. The molecule has 0 aromatic heterocycles. The number of carboxylic acid groups (broad SMARTS) is 1. The van der Waals surface area contributed by atoms with Crippen LogP contribution < -0.4 is 0 Å². The molecule has 1 aromatic carbocycles. The number of benzene rings is 1. The fourth-order valence-corrected chi connectivity index (χ4v) is 4.69. The molecule has 1 atom stereocenters. The van der Waals surface area contributed by atoms with Crippen molar-refractivity contribution in [2.24, 2.45) is 5.92 Å². The fraction of sp³-hybridized carbons (Fsp3) is 0.591. The van der Waals surface area contributed by atoms with Gasteiger partial charge in [0.05, 0.1) is 17.9 Å². The summed E-state index contributed by atoms with van der Waals surface area (Å²) in [6.07, 6.45) is 4.91. The summed E-state index contributed by atoms with van der Waals surface area (Å²) in [4.78, 5) is 40.6. The van der Waals surface area contributed by atoms with Crippen molar-refractivity contribution >= 4 is 17.8 Å². The van der Waals surface area contributed by atoms with Crippen LogP contribution in [0.5, 0.6) is 0 Å². The van der Waals surface area contributed by atoms with Crippen LogP contribution in [-0.2, 0) is 19.8 Å². The minimum Gasteiger partial charge on any atom is -0.481 e. The highest BCUT2D eigenvalue weighted by atomic mass is 16.4. The molecule has 1 aliphatic carbocycles. The van der Waals surface area contributed by atoms with E-state index in [1.165, 1.54) is 0 Å². The Kier molecular flexibility index (Phi) is 6.06. The normalized spacial score (nSPS) is 21.4. The minimum atomic E-state index is -0.855. The van der Waals surface area contributed by atoms with Crippen molar-refractivity contribution in [3.63, 3.8) is 0 Å². The molecule has 1 saturated heterocycles. The van der Waals surface area contributed by atoms with Gasteiger partial charge in [0, 0.05) is 20.1 Å². The van der Waals surface area contributed by atoms with Crippen LogP contribution in [0.3, 0.4) is 0 Å². The maximum atomic E-state index is 13.4. The van der Waals surface area contributed by atoms with Crippen LogP contribution in [0.4, 0.5) is 0 Å². The highest BCUT2D eigenvalue weighted by Gasteiger charge is 2.44. The van der Waals surface area contributed by atoms with E-state index >= 15 is 0 Å². The summed E-state index contributed by atoms with van der Waals surface area (Å²) < 4.78 is 0. The highest BCUT2D eigenvalue weighted by molar-refractivity contribution is 5.92. The molecule has 1 heterocycles. The number of rotatable bonds is 5. The number of hydrogen-bond donors (Lipinski definition) is 1. The maximum absolute atomic E-state index is 13.4. The Morgan fingerprint density at radius 3 is 2.57 bits per heavy atom. The zero-order valence-corrected chi connectivity index (χ0v) is 16.8. The number of carbonyl (C=O) groups is 3. The predicted molar refractivity (Wildman–Crippen MR) is 106 cm³/mol. The van der Waals surface area contributed by atoms with Crippen molar-refractivity contribution in [1.82, 2.24) is 9.80 Å². The van der Waals surface area contributed by atoms with E-state index in [0.29, 0.717) is 19.4 Å². The van der Waals surface area contributed by atoms with Gasteiger partial charge in [0.15, 0.2) is 0 Å². The average Bonchev–Trinajstić information content (AvgIpc) is 3.18. The molecular weight excluding hydrogens is 356 g/mol. The summed E-state index contributed by atoms with van der Waals surface area (Å²) in [5.41, 5.74) is 1.62. The Bertz CT molecular complexity index is 755. The van der Waals surface area contributed by atoms with Gasteiger partial charge < -0.3 is 14.9 Å². The molecule has 6 nitrogen and oxygen atoms in total. The van der Waals surface area contributed by atoms with Crippen molar-refractivity contribution in [3.8, 4) is 0 Å². The van der Waals surface area contributed by atoms with E-state index in [2.05, 4.69) is 6.07 Å². The second-order valence-electron chi connectivity index (χ2n) is 8.34. The van der Waals surface area contributed by atoms with Crippen LogP contribution in [0, 0.1) is 12.8 Å². The summed E-state index contributed by atoms with van der Waals surface area (Å²) >= 11 is 0. The van der Waals surface area contributed by atoms with Crippen molar-refractivity contribution in [2.75, 3.05) is 26.7 Å². The standard InChI is InChI=1S/C22H30N2O4/c1-16-7-5-9-18(13-16)22(10-3-4-11-22)21(28)23(2)15-19(25)24-12-6-8-17(14-24)20(26)27/h5,7,9,13,17H,3-4,6,8,10-12,14-15H2,1-2H3,(H,26,27). The molecule has 0 spiro atoms. The van der Waals surface area contributed by atoms with Gasteiger partial charge in [-0.1, -0.05) is 42.7 Å². The second-order valence-corrected chi connectivity index (χ2v) is 8.34. The van der Waals surface area contributed by atoms with E-state index in [1.54, 1.807) is 16.8 Å². The number of likely N-dealkylation sites (tertiary alicyclic amines) is 1. The number of aryl methyl sites for hydroxylation is 1. The molecule has 1 unspecified atom stereocenters. The fourth-order valence-electron chi connectivity index (χ4n) is 4.69. The third-order valence-electron chi connectivity index (χ3n) is 6.28. The Hall–Kier alpha value is -2.37. The topological polar surface area (TPSA) is 77.9 Å². The first-order valence-corrected chi connectivity index (χ1v) is 10.2. The lowest BCUT2D eigenvalue weighted by molar-refractivity contribution is -0.148. The molecular formula is C22H30N2O4. The second kappa shape index (κ2) is 8.33.